The molecule has 19 heavy (non-hydrogen) atoms. The van der Waals surface area contributed by atoms with Crippen LogP contribution in [0.25, 0.3) is 0 Å². The third-order valence-corrected chi connectivity index (χ3v) is 4.15. The topological polar surface area (TPSA) is 67.6 Å². The van der Waals surface area contributed by atoms with Crippen molar-refractivity contribution in [3.63, 3.8) is 0 Å². The van der Waals surface area contributed by atoms with Gasteiger partial charge in [-0.25, -0.2) is 0 Å². The van der Waals surface area contributed by atoms with Gasteiger partial charge in [0.2, 0.25) is 5.91 Å². The SMILES string of the molecule is NC1CCCC(CC(=O)NCCN2CCOCC2)C1. The van der Waals surface area contributed by atoms with Gasteiger partial charge in [0, 0.05) is 38.6 Å². The normalized spacial score (nSPS) is 29.1. The smallest absolute Gasteiger partial charge is 0.220 e. The van der Waals surface area contributed by atoms with Crippen molar-refractivity contribution in [1.82, 2.24) is 10.2 Å². The maximum absolute atomic E-state index is 11.9. The zero-order valence-corrected chi connectivity index (χ0v) is 11.8. The lowest BCUT2D eigenvalue weighted by molar-refractivity contribution is -0.122. The van der Waals surface area contributed by atoms with Crippen LogP contribution in [0.2, 0.25) is 0 Å². The van der Waals surface area contributed by atoms with E-state index in [1.165, 1.54) is 6.42 Å². The third kappa shape index (κ3) is 5.47. The zero-order valence-electron chi connectivity index (χ0n) is 11.8. The van der Waals surface area contributed by atoms with Gasteiger partial charge in [-0.1, -0.05) is 6.42 Å². The molecule has 1 aliphatic heterocycles. The summed E-state index contributed by atoms with van der Waals surface area (Å²) in [6.45, 7) is 5.26. The molecular formula is C14H27N3O2. The van der Waals surface area contributed by atoms with Gasteiger partial charge in [0.05, 0.1) is 13.2 Å². The van der Waals surface area contributed by atoms with E-state index in [4.69, 9.17) is 10.5 Å². The molecule has 0 radical (unpaired) electrons. The molecular weight excluding hydrogens is 242 g/mol. The van der Waals surface area contributed by atoms with E-state index in [1.807, 2.05) is 0 Å². The summed E-state index contributed by atoms with van der Waals surface area (Å²) in [6.07, 6.45) is 5.11. The molecule has 1 aliphatic carbocycles. The molecule has 0 spiro atoms. The van der Waals surface area contributed by atoms with Gasteiger partial charge in [-0.2, -0.15) is 0 Å². The van der Waals surface area contributed by atoms with Crippen molar-refractivity contribution in [1.29, 1.82) is 0 Å². The van der Waals surface area contributed by atoms with Crippen molar-refractivity contribution in [3.8, 4) is 0 Å². The van der Waals surface area contributed by atoms with Crippen LogP contribution in [0.4, 0.5) is 0 Å². The third-order valence-electron chi connectivity index (χ3n) is 4.15. The number of morpholine rings is 1. The van der Waals surface area contributed by atoms with Crippen LogP contribution in [0.15, 0.2) is 0 Å². The molecule has 1 amide bonds. The van der Waals surface area contributed by atoms with Crippen molar-refractivity contribution in [2.75, 3.05) is 39.4 Å². The summed E-state index contributed by atoms with van der Waals surface area (Å²) in [7, 11) is 0. The van der Waals surface area contributed by atoms with E-state index in [-0.39, 0.29) is 5.91 Å². The molecule has 2 fully saturated rings. The quantitative estimate of drug-likeness (QED) is 0.755. The van der Waals surface area contributed by atoms with Gasteiger partial charge in [0.25, 0.3) is 0 Å². The molecule has 0 aromatic heterocycles. The number of carbonyl (C=O) groups is 1. The first-order valence-corrected chi connectivity index (χ1v) is 7.56. The summed E-state index contributed by atoms with van der Waals surface area (Å²) in [4.78, 5) is 14.2. The highest BCUT2D eigenvalue weighted by Crippen LogP contribution is 2.25. The van der Waals surface area contributed by atoms with E-state index >= 15 is 0 Å². The first-order chi connectivity index (χ1) is 9.24. The fourth-order valence-electron chi connectivity index (χ4n) is 3.03. The van der Waals surface area contributed by atoms with Gasteiger partial charge in [-0.05, 0) is 25.2 Å². The summed E-state index contributed by atoms with van der Waals surface area (Å²) in [5.41, 5.74) is 5.95. The highest BCUT2D eigenvalue weighted by atomic mass is 16.5. The standard InChI is InChI=1S/C14H27N3O2/c15-13-3-1-2-12(10-13)11-14(18)16-4-5-17-6-8-19-9-7-17/h12-13H,1-11,15H2,(H,16,18). The Labute approximate surface area is 115 Å². The van der Waals surface area contributed by atoms with Gasteiger partial charge in [-0.15, -0.1) is 0 Å². The minimum absolute atomic E-state index is 0.187. The molecule has 0 aromatic carbocycles. The number of nitrogens with one attached hydrogen (secondary N) is 1. The average Bonchev–Trinajstić information content (AvgIpc) is 2.40. The highest BCUT2D eigenvalue weighted by molar-refractivity contribution is 5.76. The molecule has 2 atom stereocenters. The fraction of sp³-hybridized carbons (Fsp3) is 0.929. The predicted molar refractivity (Wildman–Crippen MR) is 74.8 cm³/mol. The van der Waals surface area contributed by atoms with Crippen molar-refractivity contribution in [2.24, 2.45) is 11.7 Å². The highest BCUT2D eigenvalue weighted by Gasteiger charge is 2.21. The number of hydrogen-bond donors (Lipinski definition) is 2. The average molecular weight is 269 g/mol. The molecule has 0 bridgehead atoms. The van der Waals surface area contributed by atoms with Crippen LogP contribution in [0.5, 0.6) is 0 Å². The lowest BCUT2D eigenvalue weighted by Crippen LogP contribution is -2.41. The molecule has 2 aliphatic rings. The number of nitrogens with zero attached hydrogens (tertiary/aromatic N) is 1. The Morgan fingerprint density at radius 1 is 1.32 bits per heavy atom. The Kier molecular flexibility index (Phi) is 6.07. The number of hydrogen-bond acceptors (Lipinski definition) is 4. The van der Waals surface area contributed by atoms with Crippen LogP contribution in [0.1, 0.15) is 32.1 Å². The maximum Gasteiger partial charge on any atom is 0.220 e. The van der Waals surface area contributed by atoms with Crippen LogP contribution in [0, 0.1) is 5.92 Å². The fourth-order valence-corrected chi connectivity index (χ4v) is 3.03. The number of ether oxygens (including phenoxy) is 1. The van der Waals surface area contributed by atoms with E-state index in [0.29, 0.717) is 18.4 Å². The first kappa shape index (κ1) is 14.8. The summed E-state index contributed by atoms with van der Waals surface area (Å²) in [5, 5.41) is 3.03. The van der Waals surface area contributed by atoms with Gasteiger partial charge < -0.3 is 15.8 Å². The van der Waals surface area contributed by atoms with Crippen LogP contribution >= 0.6 is 0 Å². The van der Waals surface area contributed by atoms with Gasteiger partial charge in [0.1, 0.15) is 0 Å². The second kappa shape index (κ2) is 7.82. The summed E-state index contributed by atoms with van der Waals surface area (Å²) in [5.74, 6) is 0.680. The molecule has 110 valence electrons. The minimum Gasteiger partial charge on any atom is -0.379 e. The van der Waals surface area contributed by atoms with Gasteiger partial charge >= 0.3 is 0 Å². The number of rotatable bonds is 5. The first-order valence-electron chi connectivity index (χ1n) is 7.56. The Bertz CT molecular complexity index is 280. The summed E-state index contributed by atoms with van der Waals surface area (Å²) >= 11 is 0. The molecule has 0 aromatic rings. The number of amides is 1. The largest absolute Gasteiger partial charge is 0.379 e. The molecule has 1 saturated carbocycles. The van der Waals surface area contributed by atoms with E-state index in [9.17, 15) is 4.79 Å². The van der Waals surface area contributed by atoms with E-state index in [1.54, 1.807) is 0 Å². The minimum atomic E-state index is 0.187. The van der Waals surface area contributed by atoms with Crippen molar-refractivity contribution in [3.05, 3.63) is 0 Å². The summed E-state index contributed by atoms with van der Waals surface area (Å²) < 4.78 is 5.30. The lowest BCUT2D eigenvalue weighted by Gasteiger charge is -2.27. The Morgan fingerprint density at radius 2 is 2.11 bits per heavy atom. The molecule has 2 unspecified atom stereocenters. The van der Waals surface area contributed by atoms with Gasteiger partial charge in [-0.3, -0.25) is 9.69 Å². The van der Waals surface area contributed by atoms with Gasteiger partial charge in [0.15, 0.2) is 0 Å². The zero-order chi connectivity index (χ0) is 13.5. The van der Waals surface area contributed by atoms with Crippen LogP contribution < -0.4 is 11.1 Å². The number of carbonyl (C=O) groups excluding carboxylic acids is 1. The maximum atomic E-state index is 11.9. The van der Waals surface area contributed by atoms with E-state index in [0.717, 1.165) is 58.7 Å². The van der Waals surface area contributed by atoms with Crippen molar-refractivity contribution < 1.29 is 9.53 Å². The second-order valence-electron chi connectivity index (χ2n) is 5.80. The van der Waals surface area contributed by atoms with E-state index in [2.05, 4.69) is 10.2 Å². The Hall–Kier alpha value is -0.650. The van der Waals surface area contributed by atoms with Crippen molar-refractivity contribution in [2.45, 2.75) is 38.1 Å². The number of nitrogens with two attached hydrogens (primary N) is 1. The van der Waals surface area contributed by atoms with Crippen molar-refractivity contribution >= 4 is 5.91 Å². The Balaban J connectivity index is 1.56. The van der Waals surface area contributed by atoms with Crippen LogP contribution in [0.3, 0.4) is 0 Å². The molecule has 1 saturated heterocycles. The monoisotopic (exact) mass is 269 g/mol. The molecule has 2 rings (SSSR count). The molecule has 1 heterocycles. The van der Waals surface area contributed by atoms with Crippen LogP contribution in [-0.4, -0.2) is 56.2 Å². The molecule has 5 heteroatoms. The van der Waals surface area contributed by atoms with E-state index < -0.39 is 0 Å². The second-order valence-corrected chi connectivity index (χ2v) is 5.80. The Morgan fingerprint density at radius 3 is 2.84 bits per heavy atom. The summed E-state index contributed by atoms with van der Waals surface area (Å²) in [6, 6.07) is 0.305. The lowest BCUT2D eigenvalue weighted by atomic mass is 9.84. The molecule has 5 nitrogen and oxygen atoms in total. The predicted octanol–water partition coefficient (Wildman–Crippen LogP) is 0.342. The van der Waals surface area contributed by atoms with Crippen LogP contribution in [-0.2, 0) is 9.53 Å². The molecule has 3 N–H and O–H groups in total.